The highest BCUT2D eigenvalue weighted by atomic mass is 16.5. The minimum absolute atomic E-state index is 0.0131. The number of aldehydes is 1. The molecule has 0 bridgehead atoms. The fourth-order valence-electron chi connectivity index (χ4n) is 5.57. The molecule has 1 heterocycles. The summed E-state index contributed by atoms with van der Waals surface area (Å²) in [6.07, 6.45) is -0.171. The number of fused-ring (bicyclic) bond motifs is 3. The number of aliphatic hydroxyl groups is 2. The predicted octanol–water partition coefficient (Wildman–Crippen LogP) is 1.20. The van der Waals surface area contributed by atoms with Crippen molar-refractivity contribution in [1.29, 1.82) is 0 Å². The van der Waals surface area contributed by atoms with Gasteiger partial charge in [-0.1, -0.05) is 6.92 Å². The number of ketones is 1. The number of carbonyl (C=O) groups excluding carboxylic acids is 4. The van der Waals surface area contributed by atoms with Gasteiger partial charge in [0.1, 0.15) is 30.0 Å². The molecule has 0 aromatic heterocycles. The Hall–Kier alpha value is -4.42. The zero-order chi connectivity index (χ0) is 31.3. The van der Waals surface area contributed by atoms with E-state index in [2.05, 4.69) is 5.32 Å². The number of nitrogens with one attached hydrogen (secondary N) is 1. The van der Waals surface area contributed by atoms with Gasteiger partial charge in [-0.25, -0.2) is 0 Å². The number of aliphatic hydroxyl groups excluding tert-OH is 2. The van der Waals surface area contributed by atoms with Crippen molar-refractivity contribution in [3.8, 4) is 23.0 Å². The van der Waals surface area contributed by atoms with Crippen LogP contribution in [0.3, 0.4) is 0 Å². The van der Waals surface area contributed by atoms with Gasteiger partial charge in [-0.15, -0.1) is 0 Å². The summed E-state index contributed by atoms with van der Waals surface area (Å²) in [6.45, 7) is 1.20. The van der Waals surface area contributed by atoms with E-state index in [1.807, 2.05) is 0 Å². The standard InChI is InChI=1S/C31H36N2O10/c1-5-23(36)31(39)33(10-8-18-14-19(40-2)6-7-24(18)41-3)22-15-21(30(38)32-9-11-34)26-20-12-17(16-35)13-25(42-4)28(20)43-29(26)27(22)37/h6-7,12-16,22,26-27,29,34,37H,5,8-11H2,1-4H3,(H,32,38)/t22-,26+,27+,29+/m1/s1. The molecular weight excluding hydrogens is 560 g/mol. The van der Waals surface area contributed by atoms with Crippen molar-refractivity contribution in [3.63, 3.8) is 0 Å². The molecule has 0 spiro atoms. The Bertz CT molecular complexity index is 1420. The summed E-state index contributed by atoms with van der Waals surface area (Å²) in [6, 6.07) is 7.13. The van der Waals surface area contributed by atoms with Crippen LogP contribution < -0.4 is 24.3 Å². The first-order valence-electron chi connectivity index (χ1n) is 13.9. The fourth-order valence-corrected chi connectivity index (χ4v) is 5.57. The minimum Gasteiger partial charge on any atom is -0.497 e. The molecule has 12 nitrogen and oxygen atoms in total. The van der Waals surface area contributed by atoms with E-state index < -0.39 is 41.8 Å². The zero-order valence-electron chi connectivity index (χ0n) is 24.5. The van der Waals surface area contributed by atoms with Crippen LogP contribution in [0.4, 0.5) is 0 Å². The molecule has 2 aromatic rings. The molecule has 1 aliphatic carbocycles. The number of ether oxygens (including phenoxy) is 4. The summed E-state index contributed by atoms with van der Waals surface area (Å²) in [7, 11) is 4.44. The van der Waals surface area contributed by atoms with E-state index in [9.17, 15) is 29.4 Å². The molecule has 43 heavy (non-hydrogen) atoms. The lowest BCUT2D eigenvalue weighted by molar-refractivity contribution is -0.148. The Balaban J connectivity index is 1.80. The van der Waals surface area contributed by atoms with E-state index in [0.717, 1.165) is 0 Å². The third kappa shape index (κ3) is 6.20. The summed E-state index contributed by atoms with van der Waals surface area (Å²) in [5, 5.41) is 23.7. The number of hydrogen-bond acceptors (Lipinski definition) is 10. The van der Waals surface area contributed by atoms with E-state index in [1.54, 1.807) is 31.2 Å². The molecule has 1 aliphatic heterocycles. The average molecular weight is 597 g/mol. The quantitative estimate of drug-likeness (QED) is 0.226. The van der Waals surface area contributed by atoms with Crippen LogP contribution in [0.15, 0.2) is 42.0 Å². The molecule has 2 amide bonds. The second-order valence-corrected chi connectivity index (χ2v) is 10.1. The molecule has 230 valence electrons. The Kier molecular flexibility index (Phi) is 10.0. The van der Waals surface area contributed by atoms with Gasteiger partial charge in [-0.2, -0.15) is 0 Å². The van der Waals surface area contributed by atoms with E-state index in [4.69, 9.17) is 18.9 Å². The maximum absolute atomic E-state index is 13.5. The van der Waals surface area contributed by atoms with Crippen molar-refractivity contribution < 1.29 is 48.3 Å². The SMILES string of the molecule is CCC(=O)C(=O)N(CCc1cc(OC)ccc1OC)[C@@H]1C=C(C(=O)NCCO)[C@@H]2c3cc(C=O)cc(OC)c3O[C@@H]2[C@H]1O. The number of benzene rings is 2. The lowest BCUT2D eigenvalue weighted by Crippen LogP contribution is -2.57. The lowest BCUT2D eigenvalue weighted by Gasteiger charge is -2.40. The minimum atomic E-state index is -1.38. The van der Waals surface area contributed by atoms with Crippen molar-refractivity contribution in [1.82, 2.24) is 10.2 Å². The second kappa shape index (κ2) is 13.7. The summed E-state index contributed by atoms with van der Waals surface area (Å²) in [5.41, 5.74) is 1.59. The molecule has 0 saturated carbocycles. The van der Waals surface area contributed by atoms with Crippen LogP contribution in [0.5, 0.6) is 23.0 Å². The molecular formula is C31H36N2O10. The Morgan fingerprint density at radius 3 is 2.44 bits per heavy atom. The second-order valence-electron chi connectivity index (χ2n) is 10.1. The maximum atomic E-state index is 13.5. The Labute approximate surface area is 249 Å². The smallest absolute Gasteiger partial charge is 0.290 e. The van der Waals surface area contributed by atoms with Gasteiger partial charge in [-0.3, -0.25) is 19.2 Å². The van der Waals surface area contributed by atoms with Gasteiger partial charge < -0.3 is 39.4 Å². The van der Waals surface area contributed by atoms with Gasteiger partial charge in [0.25, 0.3) is 5.91 Å². The van der Waals surface area contributed by atoms with Gasteiger partial charge in [-0.05, 0) is 48.4 Å². The van der Waals surface area contributed by atoms with Gasteiger partial charge >= 0.3 is 0 Å². The lowest BCUT2D eigenvalue weighted by atomic mass is 9.77. The number of methoxy groups -OCH3 is 3. The molecule has 2 aliphatic rings. The van der Waals surface area contributed by atoms with E-state index in [-0.39, 0.29) is 55.2 Å². The van der Waals surface area contributed by atoms with Crippen LogP contribution in [-0.2, 0) is 20.8 Å². The molecule has 4 rings (SSSR count). The normalized spacial score (nSPS) is 20.1. The number of amides is 2. The van der Waals surface area contributed by atoms with Crippen molar-refractivity contribution in [2.75, 3.05) is 41.0 Å². The Morgan fingerprint density at radius 1 is 1.07 bits per heavy atom. The number of rotatable bonds is 13. The van der Waals surface area contributed by atoms with Crippen LogP contribution in [0.25, 0.3) is 0 Å². The molecule has 0 unspecified atom stereocenters. The highest BCUT2D eigenvalue weighted by Gasteiger charge is 2.51. The average Bonchev–Trinajstić information content (AvgIpc) is 3.43. The molecule has 4 atom stereocenters. The summed E-state index contributed by atoms with van der Waals surface area (Å²) >= 11 is 0. The fraction of sp³-hybridized carbons (Fsp3) is 0.419. The van der Waals surface area contributed by atoms with Crippen LogP contribution in [-0.4, -0.2) is 98.3 Å². The number of hydrogen-bond donors (Lipinski definition) is 3. The van der Waals surface area contributed by atoms with Crippen molar-refractivity contribution in [2.45, 2.75) is 43.9 Å². The molecule has 0 saturated heterocycles. The predicted molar refractivity (Wildman–Crippen MR) is 154 cm³/mol. The van der Waals surface area contributed by atoms with Crippen molar-refractivity contribution in [3.05, 3.63) is 58.7 Å². The zero-order valence-corrected chi connectivity index (χ0v) is 24.5. The number of nitrogens with zero attached hydrogens (tertiary/aromatic N) is 1. The molecule has 0 radical (unpaired) electrons. The van der Waals surface area contributed by atoms with Crippen LogP contribution in [0.2, 0.25) is 0 Å². The van der Waals surface area contributed by atoms with Gasteiger partial charge in [0, 0.05) is 36.2 Å². The largest absolute Gasteiger partial charge is 0.497 e. The topological polar surface area (TPSA) is 161 Å². The first-order valence-corrected chi connectivity index (χ1v) is 13.9. The summed E-state index contributed by atoms with van der Waals surface area (Å²) in [5.74, 6) is -1.26. The van der Waals surface area contributed by atoms with E-state index >= 15 is 0 Å². The van der Waals surface area contributed by atoms with E-state index in [0.29, 0.717) is 28.9 Å². The van der Waals surface area contributed by atoms with Crippen molar-refractivity contribution >= 4 is 23.9 Å². The third-order valence-electron chi connectivity index (χ3n) is 7.70. The maximum Gasteiger partial charge on any atom is 0.290 e. The van der Waals surface area contributed by atoms with Crippen LogP contribution in [0.1, 0.15) is 40.7 Å². The van der Waals surface area contributed by atoms with Crippen LogP contribution >= 0.6 is 0 Å². The number of Topliss-reactive ketones (excluding diaryl/α,β-unsaturated/α-hetero) is 1. The molecule has 2 aromatic carbocycles. The third-order valence-corrected chi connectivity index (χ3v) is 7.70. The van der Waals surface area contributed by atoms with Crippen LogP contribution in [0, 0.1) is 0 Å². The van der Waals surface area contributed by atoms with Gasteiger partial charge in [0.05, 0.1) is 39.9 Å². The molecule has 3 N–H and O–H groups in total. The van der Waals surface area contributed by atoms with Gasteiger partial charge in [0.2, 0.25) is 11.7 Å². The molecule has 12 heteroatoms. The summed E-state index contributed by atoms with van der Waals surface area (Å²) < 4.78 is 22.4. The highest BCUT2D eigenvalue weighted by Crippen LogP contribution is 2.51. The van der Waals surface area contributed by atoms with Crippen molar-refractivity contribution in [2.24, 2.45) is 0 Å². The summed E-state index contributed by atoms with van der Waals surface area (Å²) in [4.78, 5) is 52.6. The first-order chi connectivity index (χ1) is 20.7. The number of carbonyl (C=O) groups is 4. The molecule has 0 fully saturated rings. The van der Waals surface area contributed by atoms with E-state index in [1.165, 1.54) is 38.4 Å². The first kappa shape index (κ1) is 31.5. The van der Waals surface area contributed by atoms with Gasteiger partial charge in [0.15, 0.2) is 11.5 Å². The highest BCUT2D eigenvalue weighted by molar-refractivity contribution is 6.36. The monoisotopic (exact) mass is 596 g/mol. The Morgan fingerprint density at radius 2 is 1.81 bits per heavy atom.